The Labute approximate surface area is 170 Å². The molecule has 0 atom stereocenters. The van der Waals surface area contributed by atoms with Gasteiger partial charge in [-0.2, -0.15) is 5.26 Å². The number of carbonyl (C=O) groups excluding carboxylic acids is 1. The summed E-state index contributed by atoms with van der Waals surface area (Å²) in [6.45, 7) is 5.92. The van der Waals surface area contributed by atoms with Crippen LogP contribution >= 0.6 is 23.1 Å². The van der Waals surface area contributed by atoms with Crippen LogP contribution in [0, 0.1) is 32.1 Å². The normalized spacial score (nSPS) is 10.8. The predicted molar refractivity (Wildman–Crippen MR) is 111 cm³/mol. The van der Waals surface area contributed by atoms with E-state index in [-0.39, 0.29) is 23.8 Å². The van der Waals surface area contributed by atoms with Gasteiger partial charge in [-0.25, -0.2) is 9.97 Å². The Morgan fingerprint density at radius 1 is 1.32 bits per heavy atom. The fourth-order valence-corrected chi connectivity index (χ4v) is 4.45. The first-order chi connectivity index (χ1) is 13.3. The molecule has 0 saturated carbocycles. The van der Waals surface area contributed by atoms with Crippen LogP contribution in [0.4, 0.5) is 0 Å². The number of aryl methyl sites for hydroxylation is 1. The molecule has 3 aromatic rings. The fraction of sp³-hybridized carbons (Fsp3) is 0.316. The maximum absolute atomic E-state index is 12.5. The zero-order valence-corrected chi connectivity index (χ0v) is 17.6. The Kier molecular flexibility index (Phi) is 5.82. The molecule has 0 aliphatic rings. The second-order valence-electron chi connectivity index (χ2n) is 6.43. The van der Waals surface area contributed by atoms with Crippen LogP contribution in [0.3, 0.4) is 0 Å². The molecule has 0 aromatic carbocycles. The van der Waals surface area contributed by atoms with Crippen LogP contribution in [-0.4, -0.2) is 38.6 Å². The first-order valence-corrected chi connectivity index (χ1v) is 10.4. The molecule has 144 valence electrons. The molecule has 3 aromatic heterocycles. The number of rotatable bonds is 5. The highest BCUT2D eigenvalue weighted by atomic mass is 32.2. The van der Waals surface area contributed by atoms with E-state index in [1.165, 1.54) is 28.0 Å². The average molecular weight is 414 g/mol. The van der Waals surface area contributed by atoms with Crippen LogP contribution in [0.5, 0.6) is 0 Å². The second kappa shape index (κ2) is 8.12. The maximum atomic E-state index is 12.5. The Balaban J connectivity index is 1.71. The number of thioether (sulfide) groups is 1. The van der Waals surface area contributed by atoms with Crippen molar-refractivity contribution in [3.05, 3.63) is 50.0 Å². The van der Waals surface area contributed by atoms with Crippen molar-refractivity contribution in [1.82, 2.24) is 19.9 Å². The summed E-state index contributed by atoms with van der Waals surface area (Å²) in [5.74, 6) is 0.444. The molecule has 3 rings (SSSR count). The smallest absolute Gasteiger partial charge is 0.268 e. The average Bonchev–Trinajstić information content (AvgIpc) is 3.13. The molecular weight excluding hydrogens is 394 g/mol. The summed E-state index contributed by atoms with van der Waals surface area (Å²) in [5.41, 5.74) is 3.68. The molecular formula is C19H19N5O2S2. The topological polar surface area (TPSA) is 103 Å². The highest BCUT2D eigenvalue weighted by Crippen LogP contribution is 2.26. The summed E-state index contributed by atoms with van der Waals surface area (Å²) in [5, 5.41) is 11.8. The van der Waals surface area contributed by atoms with E-state index in [4.69, 9.17) is 0 Å². The van der Waals surface area contributed by atoms with Crippen molar-refractivity contribution in [2.75, 3.05) is 12.8 Å². The molecule has 0 bridgehead atoms. The molecule has 9 heteroatoms. The highest BCUT2D eigenvalue weighted by Gasteiger charge is 2.17. The molecule has 0 fully saturated rings. The Morgan fingerprint density at radius 3 is 2.79 bits per heavy atom. The second-order valence-corrected chi connectivity index (χ2v) is 8.31. The number of hydrogen-bond donors (Lipinski definition) is 1. The Morgan fingerprint density at radius 2 is 2.07 bits per heavy atom. The summed E-state index contributed by atoms with van der Waals surface area (Å²) in [6.07, 6.45) is 0. The van der Waals surface area contributed by atoms with Crippen molar-refractivity contribution in [3.8, 4) is 6.07 Å². The zero-order valence-electron chi connectivity index (χ0n) is 16.0. The summed E-state index contributed by atoms with van der Waals surface area (Å²) in [4.78, 5) is 37.7. The zero-order chi connectivity index (χ0) is 20.4. The number of aromatic nitrogens is 3. The molecule has 7 nitrogen and oxygen atoms in total. The van der Waals surface area contributed by atoms with E-state index in [1.807, 2.05) is 26.2 Å². The lowest BCUT2D eigenvalue weighted by Gasteiger charge is -2.17. The van der Waals surface area contributed by atoms with Crippen LogP contribution in [0.1, 0.15) is 28.2 Å². The van der Waals surface area contributed by atoms with Gasteiger partial charge in [-0.3, -0.25) is 9.59 Å². The third kappa shape index (κ3) is 3.93. The molecule has 0 aliphatic carbocycles. The van der Waals surface area contributed by atoms with Gasteiger partial charge in [0.15, 0.2) is 0 Å². The van der Waals surface area contributed by atoms with E-state index >= 15 is 0 Å². The van der Waals surface area contributed by atoms with Crippen LogP contribution in [0.25, 0.3) is 10.2 Å². The van der Waals surface area contributed by atoms with E-state index in [2.05, 4.69) is 21.0 Å². The minimum absolute atomic E-state index is 0.139. The summed E-state index contributed by atoms with van der Waals surface area (Å²) in [7, 11) is 1.66. The molecule has 1 N–H and O–H groups in total. The number of thiophene rings is 1. The Hall–Kier alpha value is -2.70. The van der Waals surface area contributed by atoms with Gasteiger partial charge in [-0.1, -0.05) is 11.8 Å². The monoisotopic (exact) mass is 413 g/mol. The number of fused-ring (bicyclic) bond motifs is 1. The van der Waals surface area contributed by atoms with Crippen molar-refractivity contribution in [2.45, 2.75) is 32.3 Å². The molecule has 28 heavy (non-hydrogen) atoms. The van der Waals surface area contributed by atoms with E-state index in [1.54, 1.807) is 13.1 Å². The number of amides is 1. The first-order valence-electron chi connectivity index (χ1n) is 8.53. The van der Waals surface area contributed by atoms with Crippen LogP contribution < -0.4 is 5.56 Å². The minimum Gasteiger partial charge on any atom is -0.338 e. The Bertz CT molecular complexity index is 1160. The van der Waals surface area contributed by atoms with Gasteiger partial charge < -0.3 is 9.88 Å². The van der Waals surface area contributed by atoms with Crippen molar-refractivity contribution in [2.24, 2.45) is 0 Å². The largest absolute Gasteiger partial charge is 0.338 e. The number of hydrogen-bond acceptors (Lipinski definition) is 7. The van der Waals surface area contributed by atoms with Gasteiger partial charge in [0.25, 0.3) is 5.56 Å². The molecule has 0 unspecified atom stereocenters. The minimum atomic E-state index is -0.196. The van der Waals surface area contributed by atoms with E-state index in [9.17, 15) is 14.9 Å². The number of H-pyrrole nitrogens is 1. The van der Waals surface area contributed by atoms with Crippen LogP contribution in [-0.2, 0) is 11.3 Å². The lowest BCUT2D eigenvalue weighted by molar-refractivity contribution is -0.127. The van der Waals surface area contributed by atoms with Gasteiger partial charge >= 0.3 is 0 Å². The van der Waals surface area contributed by atoms with E-state index in [0.717, 1.165) is 16.8 Å². The standard InChI is InChI=1S/C19H19N5O2S2/c1-10-11(2)13(7-20)19(21-12(10)3)28-9-16(25)24(4)8-15-22-14-5-6-27-17(14)18(26)23-15/h5-6H,8-9H2,1-4H3,(H,22,23,26). The molecule has 3 heterocycles. The number of carbonyl (C=O) groups is 1. The van der Waals surface area contributed by atoms with Gasteiger partial charge in [-0.05, 0) is 43.3 Å². The summed E-state index contributed by atoms with van der Waals surface area (Å²) >= 11 is 2.58. The molecule has 0 aliphatic heterocycles. The molecule has 0 saturated heterocycles. The van der Waals surface area contributed by atoms with Crippen molar-refractivity contribution in [1.29, 1.82) is 5.26 Å². The number of nitrogens with zero attached hydrogens (tertiary/aromatic N) is 4. The highest BCUT2D eigenvalue weighted by molar-refractivity contribution is 8.00. The molecule has 1 amide bonds. The van der Waals surface area contributed by atoms with E-state index in [0.29, 0.717) is 26.6 Å². The SMILES string of the molecule is Cc1nc(SCC(=O)N(C)Cc2nc3ccsc3c(=O)[nH]2)c(C#N)c(C)c1C. The van der Waals surface area contributed by atoms with Gasteiger partial charge in [0.1, 0.15) is 21.6 Å². The van der Waals surface area contributed by atoms with E-state index < -0.39 is 0 Å². The predicted octanol–water partition coefficient (Wildman–Crippen LogP) is 2.93. The third-order valence-corrected chi connectivity index (χ3v) is 6.45. The number of nitriles is 1. The third-order valence-electron chi connectivity index (χ3n) is 4.58. The van der Waals surface area contributed by atoms with Crippen molar-refractivity contribution in [3.63, 3.8) is 0 Å². The lowest BCUT2D eigenvalue weighted by Crippen LogP contribution is -2.29. The van der Waals surface area contributed by atoms with Crippen LogP contribution in [0.2, 0.25) is 0 Å². The maximum Gasteiger partial charge on any atom is 0.268 e. The first kappa shape index (κ1) is 20.0. The number of pyridine rings is 1. The summed E-state index contributed by atoms with van der Waals surface area (Å²) in [6, 6.07) is 3.97. The van der Waals surface area contributed by atoms with Gasteiger partial charge in [0.05, 0.1) is 23.4 Å². The molecule has 0 spiro atoms. The fourth-order valence-electron chi connectivity index (χ4n) is 2.70. The van der Waals surface area contributed by atoms with Crippen molar-refractivity contribution >= 4 is 39.2 Å². The summed E-state index contributed by atoms with van der Waals surface area (Å²) < 4.78 is 0.577. The number of aromatic amines is 1. The van der Waals surface area contributed by atoms with Crippen LogP contribution in [0.15, 0.2) is 21.3 Å². The molecule has 0 radical (unpaired) electrons. The quantitative estimate of drug-likeness (QED) is 0.645. The van der Waals surface area contributed by atoms with Gasteiger partial charge in [0.2, 0.25) is 5.91 Å². The van der Waals surface area contributed by atoms with Gasteiger partial charge in [-0.15, -0.1) is 11.3 Å². The number of nitrogens with one attached hydrogen (secondary N) is 1. The lowest BCUT2D eigenvalue weighted by atomic mass is 10.1. The van der Waals surface area contributed by atoms with Gasteiger partial charge in [0, 0.05) is 12.7 Å². The van der Waals surface area contributed by atoms with Crippen molar-refractivity contribution < 1.29 is 4.79 Å².